The number of aryl methyl sites for hydroxylation is 1. The van der Waals surface area contributed by atoms with Gasteiger partial charge in [0.1, 0.15) is 6.10 Å². The molecular formula is C39H41N3O5. The van der Waals surface area contributed by atoms with E-state index >= 15 is 0 Å². The van der Waals surface area contributed by atoms with E-state index in [1.165, 1.54) is 22.8 Å². The zero-order valence-corrected chi connectivity index (χ0v) is 26.8. The van der Waals surface area contributed by atoms with Crippen molar-refractivity contribution in [2.45, 2.75) is 51.0 Å². The third-order valence-electron chi connectivity index (χ3n) is 8.99. The van der Waals surface area contributed by atoms with Crippen LogP contribution in [0.25, 0.3) is 10.9 Å². The van der Waals surface area contributed by atoms with Crippen molar-refractivity contribution in [2.24, 2.45) is 0 Å². The van der Waals surface area contributed by atoms with E-state index in [2.05, 4.69) is 53.4 Å². The molecule has 47 heavy (non-hydrogen) atoms. The van der Waals surface area contributed by atoms with Gasteiger partial charge >= 0.3 is 11.7 Å². The molecule has 0 N–H and O–H groups in total. The number of para-hydroxylation sites is 1. The molecule has 0 bridgehead atoms. The Kier molecular flexibility index (Phi) is 10.4. The Morgan fingerprint density at radius 1 is 0.766 bits per heavy atom. The van der Waals surface area contributed by atoms with Crippen molar-refractivity contribution in [3.8, 4) is 0 Å². The van der Waals surface area contributed by atoms with Crippen LogP contribution in [0.5, 0.6) is 0 Å². The third-order valence-corrected chi connectivity index (χ3v) is 8.99. The summed E-state index contributed by atoms with van der Waals surface area (Å²) in [6, 6.07) is 35.0. The second kappa shape index (κ2) is 15.2. The van der Waals surface area contributed by atoms with Gasteiger partial charge in [-0.3, -0.25) is 13.9 Å². The molecule has 0 spiro atoms. The van der Waals surface area contributed by atoms with Crippen molar-refractivity contribution in [3.05, 3.63) is 152 Å². The number of aromatic nitrogens is 2. The maximum absolute atomic E-state index is 13.7. The lowest BCUT2D eigenvalue weighted by atomic mass is 10.00. The van der Waals surface area contributed by atoms with E-state index < -0.39 is 5.97 Å². The average Bonchev–Trinajstić information content (AvgIpc) is 3.13. The molecule has 1 aromatic heterocycles. The number of nitrogens with zero attached hydrogens (tertiary/aromatic N) is 3. The van der Waals surface area contributed by atoms with Gasteiger partial charge in [-0.25, -0.2) is 9.59 Å². The highest BCUT2D eigenvalue weighted by Crippen LogP contribution is 2.30. The molecule has 5 aromatic rings. The molecule has 1 aliphatic heterocycles. The molecule has 1 fully saturated rings. The minimum absolute atomic E-state index is 0.0692. The first-order valence-corrected chi connectivity index (χ1v) is 16.4. The highest BCUT2D eigenvalue weighted by molar-refractivity contribution is 5.89. The smallest absolute Gasteiger partial charge is 0.337 e. The van der Waals surface area contributed by atoms with Crippen molar-refractivity contribution in [3.63, 3.8) is 0 Å². The summed E-state index contributed by atoms with van der Waals surface area (Å²) in [5, 5.41) is 0.502. The summed E-state index contributed by atoms with van der Waals surface area (Å²) in [7, 11) is 1.33. The minimum Gasteiger partial charge on any atom is -0.465 e. The van der Waals surface area contributed by atoms with Crippen molar-refractivity contribution in [1.82, 2.24) is 14.0 Å². The zero-order valence-electron chi connectivity index (χ0n) is 26.8. The Labute approximate surface area is 274 Å². The van der Waals surface area contributed by atoms with E-state index in [0.29, 0.717) is 28.6 Å². The molecule has 0 aliphatic carbocycles. The lowest BCUT2D eigenvalue weighted by Gasteiger charge is -2.34. The Hall–Kier alpha value is -4.79. The molecule has 0 saturated carbocycles. The number of benzene rings is 4. The maximum atomic E-state index is 13.7. The standard InChI is InChI=1S/C39H41N3O5/c1-46-38(44)32-18-12-13-29(27-32)28-42-37(43)34-19-8-9-20-35(34)41(39(42)45)24-11-10-23-40-25-21-33(22-26-40)47-36(30-14-4-2-5-15-30)31-16-6-3-7-17-31/h2-9,12-20,27,33,36H,10-11,21-26,28H2,1H3. The van der Waals surface area contributed by atoms with Crippen LogP contribution in [0.15, 0.2) is 119 Å². The summed E-state index contributed by atoms with van der Waals surface area (Å²) in [6.45, 7) is 3.47. The summed E-state index contributed by atoms with van der Waals surface area (Å²) in [5.41, 5.74) is 3.36. The molecule has 0 unspecified atom stereocenters. The molecule has 4 aromatic carbocycles. The van der Waals surface area contributed by atoms with Gasteiger partial charge in [0.2, 0.25) is 0 Å². The van der Waals surface area contributed by atoms with Gasteiger partial charge in [-0.2, -0.15) is 0 Å². The Bertz CT molecular complexity index is 1870. The number of fused-ring (bicyclic) bond motifs is 1. The number of likely N-dealkylation sites (tertiary alicyclic amines) is 1. The average molecular weight is 632 g/mol. The molecule has 0 atom stereocenters. The number of hydrogen-bond acceptors (Lipinski definition) is 6. The van der Waals surface area contributed by atoms with E-state index in [-0.39, 0.29) is 30.0 Å². The summed E-state index contributed by atoms with van der Waals surface area (Å²) >= 11 is 0. The number of methoxy groups -OCH3 is 1. The topological polar surface area (TPSA) is 82.8 Å². The van der Waals surface area contributed by atoms with Crippen LogP contribution < -0.4 is 11.2 Å². The number of piperidine rings is 1. The van der Waals surface area contributed by atoms with E-state index in [1.54, 1.807) is 34.9 Å². The zero-order chi connectivity index (χ0) is 32.6. The predicted molar refractivity (Wildman–Crippen MR) is 184 cm³/mol. The lowest BCUT2D eigenvalue weighted by Crippen LogP contribution is -2.40. The van der Waals surface area contributed by atoms with E-state index in [1.807, 2.05) is 30.3 Å². The van der Waals surface area contributed by atoms with Gasteiger partial charge in [-0.1, -0.05) is 84.9 Å². The van der Waals surface area contributed by atoms with Gasteiger partial charge in [-0.05, 0) is 73.2 Å². The molecular weight excluding hydrogens is 590 g/mol. The van der Waals surface area contributed by atoms with E-state index in [0.717, 1.165) is 45.3 Å². The Balaban J connectivity index is 1.07. The lowest BCUT2D eigenvalue weighted by molar-refractivity contribution is -0.0271. The first-order valence-electron chi connectivity index (χ1n) is 16.4. The summed E-state index contributed by atoms with van der Waals surface area (Å²) in [5.74, 6) is -0.463. The first-order chi connectivity index (χ1) is 23.0. The highest BCUT2D eigenvalue weighted by atomic mass is 16.5. The third kappa shape index (κ3) is 7.62. The number of unbranched alkanes of at least 4 members (excludes halogenated alkanes) is 1. The fourth-order valence-electron chi connectivity index (χ4n) is 6.50. The number of hydrogen-bond donors (Lipinski definition) is 0. The number of rotatable bonds is 12. The van der Waals surface area contributed by atoms with Crippen LogP contribution in [0.4, 0.5) is 0 Å². The second-order valence-electron chi connectivity index (χ2n) is 12.1. The number of esters is 1. The van der Waals surface area contributed by atoms with Gasteiger partial charge in [-0.15, -0.1) is 0 Å². The Morgan fingerprint density at radius 3 is 2.09 bits per heavy atom. The fraction of sp³-hybridized carbons (Fsp3) is 0.308. The van der Waals surface area contributed by atoms with E-state index in [9.17, 15) is 14.4 Å². The molecule has 0 radical (unpaired) electrons. The molecule has 8 heteroatoms. The fourth-order valence-corrected chi connectivity index (χ4v) is 6.50. The molecule has 2 heterocycles. The van der Waals surface area contributed by atoms with Gasteiger partial charge in [0.15, 0.2) is 0 Å². The number of carbonyl (C=O) groups is 1. The van der Waals surface area contributed by atoms with Crippen molar-refractivity contribution in [1.29, 1.82) is 0 Å². The van der Waals surface area contributed by atoms with Gasteiger partial charge in [0, 0.05) is 19.6 Å². The van der Waals surface area contributed by atoms with Crippen molar-refractivity contribution in [2.75, 3.05) is 26.7 Å². The van der Waals surface area contributed by atoms with Crippen LogP contribution in [0.2, 0.25) is 0 Å². The number of carbonyl (C=O) groups excluding carboxylic acids is 1. The molecule has 6 rings (SSSR count). The monoisotopic (exact) mass is 631 g/mol. The van der Waals surface area contributed by atoms with Gasteiger partial charge < -0.3 is 14.4 Å². The molecule has 1 aliphatic rings. The first kappa shape index (κ1) is 32.2. The SMILES string of the molecule is COC(=O)c1cccc(Cn2c(=O)c3ccccc3n(CCCCN3CCC(OC(c4ccccc4)c4ccccc4)CC3)c2=O)c1. The second-order valence-corrected chi connectivity index (χ2v) is 12.1. The summed E-state index contributed by atoms with van der Waals surface area (Å²) in [6.07, 6.45) is 3.80. The minimum atomic E-state index is -0.463. The molecule has 1 saturated heterocycles. The highest BCUT2D eigenvalue weighted by Gasteiger charge is 2.24. The summed E-state index contributed by atoms with van der Waals surface area (Å²) < 4.78 is 14.5. The quantitative estimate of drug-likeness (QED) is 0.123. The Morgan fingerprint density at radius 2 is 1.40 bits per heavy atom. The molecule has 242 valence electrons. The van der Waals surface area contributed by atoms with E-state index in [4.69, 9.17) is 9.47 Å². The van der Waals surface area contributed by atoms with Gasteiger partial charge in [0.25, 0.3) is 5.56 Å². The van der Waals surface area contributed by atoms with Crippen LogP contribution in [0.1, 0.15) is 58.8 Å². The predicted octanol–water partition coefficient (Wildman–Crippen LogP) is 6.05. The van der Waals surface area contributed by atoms with Crippen molar-refractivity contribution < 1.29 is 14.3 Å². The molecule has 8 nitrogen and oxygen atoms in total. The molecule has 0 amide bonds. The van der Waals surface area contributed by atoms with Crippen LogP contribution >= 0.6 is 0 Å². The largest absolute Gasteiger partial charge is 0.465 e. The van der Waals surface area contributed by atoms with Crippen LogP contribution in [0.3, 0.4) is 0 Å². The van der Waals surface area contributed by atoms with Crippen LogP contribution in [-0.4, -0.2) is 52.9 Å². The van der Waals surface area contributed by atoms with Crippen molar-refractivity contribution >= 4 is 16.9 Å². The number of ether oxygens (including phenoxy) is 2. The summed E-state index contributed by atoms with van der Waals surface area (Å²) in [4.78, 5) is 41.7. The van der Waals surface area contributed by atoms with Crippen LogP contribution in [-0.2, 0) is 22.6 Å². The maximum Gasteiger partial charge on any atom is 0.337 e. The normalized spacial score (nSPS) is 14.1. The van der Waals surface area contributed by atoms with Crippen LogP contribution in [0, 0.1) is 0 Å². The van der Waals surface area contributed by atoms with Gasteiger partial charge in [0.05, 0.1) is 36.2 Å².